The topological polar surface area (TPSA) is 47.6 Å². The molecule has 0 atom stereocenters. The van der Waals surface area contributed by atoms with Crippen LogP contribution in [-0.2, 0) is 16.1 Å². The number of esters is 1. The molecule has 0 fully saturated rings. The molecule has 0 aliphatic rings. The largest absolute Gasteiger partial charge is 0.492 e. The minimum absolute atomic E-state index is 0.264. The van der Waals surface area contributed by atoms with Gasteiger partial charge < -0.3 is 14.8 Å². The van der Waals surface area contributed by atoms with Crippen molar-refractivity contribution in [2.45, 2.75) is 40.7 Å². The molecule has 0 saturated heterocycles. The summed E-state index contributed by atoms with van der Waals surface area (Å²) in [7, 11) is 1.40. The second kappa shape index (κ2) is 8.03. The van der Waals surface area contributed by atoms with Gasteiger partial charge in [0.1, 0.15) is 12.4 Å². The molecule has 4 heteroatoms. The van der Waals surface area contributed by atoms with Gasteiger partial charge in [0, 0.05) is 12.1 Å². The molecule has 0 spiro atoms. The predicted octanol–water partition coefficient (Wildman–Crippen LogP) is 3.07. The van der Waals surface area contributed by atoms with Crippen LogP contribution in [-0.4, -0.2) is 26.2 Å². The highest BCUT2D eigenvalue weighted by atomic mass is 16.5. The van der Waals surface area contributed by atoms with Gasteiger partial charge in [0.2, 0.25) is 0 Å². The van der Waals surface area contributed by atoms with E-state index >= 15 is 0 Å². The number of carbonyl (C=O) groups is 1. The van der Waals surface area contributed by atoms with E-state index in [1.807, 2.05) is 26.0 Å². The Hall–Kier alpha value is -1.55. The highest BCUT2D eigenvalue weighted by Gasteiger charge is 2.30. The van der Waals surface area contributed by atoms with E-state index in [0.717, 1.165) is 30.8 Å². The van der Waals surface area contributed by atoms with Crippen LogP contribution in [0.1, 0.15) is 38.3 Å². The van der Waals surface area contributed by atoms with Gasteiger partial charge in [0.05, 0.1) is 12.5 Å². The van der Waals surface area contributed by atoms with E-state index in [-0.39, 0.29) is 5.97 Å². The molecular weight excluding hydrogens is 266 g/mol. The van der Waals surface area contributed by atoms with E-state index in [1.165, 1.54) is 12.7 Å². The summed E-state index contributed by atoms with van der Waals surface area (Å²) < 4.78 is 10.7. The lowest BCUT2D eigenvalue weighted by molar-refractivity contribution is -0.152. The molecule has 1 N–H and O–H groups in total. The van der Waals surface area contributed by atoms with Gasteiger partial charge in [-0.1, -0.05) is 24.6 Å². The standard InChI is InChI=1S/C17H27NO3/c1-6-9-18-11-14-10-13(2)7-8-15(14)21-12-17(3,4)16(19)20-5/h7-8,10,18H,6,9,11-12H2,1-5H3. The molecule has 0 aliphatic heterocycles. The van der Waals surface area contributed by atoms with Crippen LogP contribution >= 0.6 is 0 Å². The normalized spacial score (nSPS) is 11.3. The van der Waals surface area contributed by atoms with E-state index in [9.17, 15) is 4.79 Å². The molecule has 1 rings (SSSR count). The summed E-state index contributed by atoms with van der Waals surface area (Å²) >= 11 is 0. The molecule has 0 aromatic heterocycles. The third kappa shape index (κ3) is 5.38. The molecule has 21 heavy (non-hydrogen) atoms. The summed E-state index contributed by atoms with van der Waals surface area (Å²) in [5.74, 6) is 0.557. The highest BCUT2D eigenvalue weighted by molar-refractivity contribution is 5.75. The summed E-state index contributed by atoms with van der Waals surface area (Å²) in [6.45, 7) is 9.88. The van der Waals surface area contributed by atoms with Crippen molar-refractivity contribution in [3.05, 3.63) is 29.3 Å². The van der Waals surface area contributed by atoms with Gasteiger partial charge in [-0.3, -0.25) is 4.79 Å². The number of ether oxygens (including phenoxy) is 2. The molecule has 1 aromatic carbocycles. The highest BCUT2D eigenvalue weighted by Crippen LogP contribution is 2.24. The predicted molar refractivity (Wildman–Crippen MR) is 84.5 cm³/mol. The molecule has 118 valence electrons. The molecule has 0 unspecified atom stereocenters. The Kier molecular flexibility index (Phi) is 6.69. The van der Waals surface area contributed by atoms with E-state index < -0.39 is 5.41 Å². The molecule has 0 amide bonds. The molecule has 4 nitrogen and oxygen atoms in total. The zero-order valence-electron chi connectivity index (χ0n) is 13.8. The number of hydrogen-bond donors (Lipinski definition) is 1. The number of benzene rings is 1. The number of hydrogen-bond acceptors (Lipinski definition) is 4. The van der Waals surface area contributed by atoms with Crippen LogP contribution < -0.4 is 10.1 Å². The first-order chi connectivity index (χ1) is 9.90. The molecule has 0 radical (unpaired) electrons. The van der Waals surface area contributed by atoms with Gasteiger partial charge in [-0.25, -0.2) is 0 Å². The molecule has 0 heterocycles. The van der Waals surface area contributed by atoms with Gasteiger partial charge in [0.15, 0.2) is 0 Å². The average Bonchev–Trinajstić information content (AvgIpc) is 2.45. The second-order valence-electron chi connectivity index (χ2n) is 5.95. The summed E-state index contributed by atoms with van der Waals surface area (Å²) in [6, 6.07) is 6.10. The Bertz CT molecular complexity index is 469. The fourth-order valence-corrected chi connectivity index (χ4v) is 1.98. The average molecular weight is 293 g/mol. The van der Waals surface area contributed by atoms with E-state index in [1.54, 1.807) is 0 Å². The summed E-state index contributed by atoms with van der Waals surface area (Å²) in [4.78, 5) is 11.7. The van der Waals surface area contributed by atoms with Crippen LogP contribution in [0, 0.1) is 12.3 Å². The van der Waals surface area contributed by atoms with Crippen molar-refractivity contribution in [2.24, 2.45) is 5.41 Å². The Labute approximate surface area is 127 Å². The SMILES string of the molecule is CCCNCc1cc(C)ccc1OCC(C)(C)C(=O)OC. The maximum absolute atomic E-state index is 11.7. The summed E-state index contributed by atoms with van der Waals surface area (Å²) in [6.07, 6.45) is 1.09. The minimum atomic E-state index is -0.659. The first-order valence-electron chi connectivity index (χ1n) is 7.42. The van der Waals surface area contributed by atoms with Crippen molar-refractivity contribution in [1.82, 2.24) is 5.32 Å². The zero-order chi connectivity index (χ0) is 15.9. The van der Waals surface area contributed by atoms with Crippen LogP contribution in [0.2, 0.25) is 0 Å². The molecule has 0 aliphatic carbocycles. The van der Waals surface area contributed by atoms with Crippen LogP contribution in [0.3, 0.4) is 0 Å². The monoisotopic (exact) mass is 293 g/mol. The van der Waals surface area contributed by atoms with Crippen molar-refractivity contribution >= 4 is 5.97 Å². The lowest BCUT2D eigenvalue weighted by Crippen LogP contribution is -2.32. The van der Waals surface area contributed by atoms with Gasteiger partial charge in [0.25, 0.3) is 0 Å². The van der Waals surface area contributed by atoms with E-state index in [4.69, 9.17) is 9.47 Å². The minimum Gasteiger partial charge on any atom is -0.492 e. The van der Waals surface area contributed by atoms with Crippen molar-refractivity contribution in [2.75, 3.05) is 20.3 Å². The van der Waals surface area contributed by atoms with Crippen LogP contribution in [0.25, 0.3) is 0 Å². The Morgan fingerprint density at radius 2 is 2.05 bits per heavy atom. The fraction of sp³-hybridized carbons (Fsp3) is 0.588. The van der Waals surface area contributed by atoms with Crippen molar-refractivity contribution in [3.8, 4) is 5.75 Å². The van der Waals surface area contributed by atoms with Crippen LogP contribution in [0.5, 0.6) is 5.75 Å². The number of nitrogens with one attached hydrogen (secondary N) is 1. The lowest BCUT2D eigenvalue weighted by atomic mass is 9.95. The maximum Gasteiger partial charge on any atom is 0.314 e. The third-order valence-corrected chi connectivity index (χ3v) is 3.28. The first kappa shape index (κ1) is 17.5. The van der Waals surface area contributed by atoms with E-state index in [0.29, 0.717) is 6.61 Å². The van der Waals surface area contributed by atoms with E-state index in [2.05, 4.69) is 25.2 Å². The molecule has 0 bridgehead atoms. The number of rotatable bonds is 8. The van der Waals surface area contributed by atoms with Gasteiger partial charge >= 0.3 is 5.97 Å². The maximum atomic E-state index is 11.7. The summed E-state index contributed by atoms with van der Waals surface area (Å²) in [5, 5.41) is 3.38. The van der Waals surface area contributed by atoms with Crippen molar-refractivity contribution < 1.29 is 14.3 Å². The first-order valence-corrected chi connectivity index (χ1v) is 7.42. The molecule has 1 aromatic rings. The van der Waals surface area contributed by atoms with Gasteiger partial charge in [-0.15, -0.1) is 0 Å². The quantitative estimate of drug-likeness (QED) is 0.591. The molecular formula is C17H27NO3. The van der Waals surface area contributed by atoms with Gasteiger partial charge in [-0.2, -0.15) is 0 Å². The smallest absolute Gasteiger partial charge is 0.314 e. The number of aryl methyl sites for hydroxylation is 1. The number of methoxy groups -OCH3 is 1. The molecule has 0 saturated carbocycles. The van der Waals surface area contributed by atoms with Gasteiger partial charge in [-0.05, 0) is 39.8 Å². The second-order valence-corrected chi connectivity index (χ2v) is 5.95. The Morgan fingerprint density at radius 3 is 2.67 bits per heavy atom. The summed E-state index contributed by atoms with van der Waals surface area (Å²) in [5.41, 5.74) is 1.65. The van der Waals surface area contributed by atoms with Crippen LogP contribution in [0.15, 0.2) is 18.2 Å². The third-order valence-electron chi connectivity index (χ3n) is 3.28. The number of carbonyl (C=O) groups excluding carboxylic acids is 1. The zero-order valence-corrected chi connectivity index (χ0v) is 13.8. The van der Waals surface area contributed by atoms with Crippen molar-refractivity contribution in [1.29, 1.82) is 0 Å². The van der Waals surface area contributed by atoms with Crippen LogP contribution in [0.4, 0.5) is 0 Å². The lowest BCUT2D eigenvalue weighted by Gasteiger charge is -2.23. The Balaban J connectivity index is 2.75. The van der Waals surface area contributed by atoms with Crippen molar-refractivity contribution in [3.63, 3.8) is 0 Å². The fourth-order valence-electron chi connectivity index (χ4n) is 1.98. The Morgan fingerprint density at radius 1 is 1.33 bits per heavy atom.